The minimum Gasteiger partial charge on any atom is -0.676 e. The van der Waals surface area contributed by atoms with Crippen molar-refractivity contribution in [2.24, 2.45) is 92.7 Å². The van der Waals surface area contributed by atoms with Crippen LogP contribution < -0.4 is 10.1 Å². The van der Waals surface area contributed by atoms with Gasteiger partial charge in [-0.2, -0.15) is 29.2 Å². The summed E-state index contributed by atoms with van der Waals surface area (Å²) in [5.41, 5.74) is 34.2. The molecule has 0 saturated heterocycles. The molecule has 0 aliphatic heterocycles. The first-order valence-corrected chi connectivity index (χ1v) is 37.9. The number of rotatable bonds is 24. The molecule has 0 aromatic carbocycles. The van der Waals surface area contributed by atoms with Gasteiger partial charge in [-0.1, -0.05) is 190 Å². The molecule has 10 aliphatic rings. The zero-order valence-corrected chi connectivity index (χ0v) is 66.1. The summed E-state index contributed by atoms with van der Waals surface area (Å²) in [5, 5.41) is 38.8. The molecule has 0 amide bonds. The first-order valence-electron chi connectivity index (χ1n) is 38.6. The molecule has 574 valence electrons. The summed E-state index contributed by atoms with van der Waals surface area (Å²) in [6, 6.07) is -0.319. The van der Waals surface area contributed by atoms with Crippen LogP contribution in [0.25, 0.3) is 22.9 Å². The third-order valence-electron chi connectivity index (χ3n) is 26.7. The fourth-order valence-electron chi connectivity index (χ4n) is 21.4. The van der Waals surface area contributed by atoms with E-state index >= 15 is 0 Å². The zero-order valence-electron chi connectivity index (χ0n) is 62.5. The summed E-state index contributed by atoms with van der Waals surface area (Å²) in [5.74, 6) is 8.40. The Labute approximate surface area is 620 Å². The van der Waals surface area contributed by atoms with E-state index in [2.05, 4.69) is 81.4 Å². The predicted octanol–water partition coefficient (Wildman–Crippen LogP) is 16.8. The van der Waals surface area contributed by atoms with Gasteiger partial charge in [0.05, 0.1) is 40.5 Å². The maximum absolute atomic E-state index is 11.7. The second kappa shape index (κ2) is 44.9. The number of carboxylic acids is 2. The number of aliphatic carboxylic acids is 2. The van der Waals surface area contributed by atoms with Crippen molar-refractivity contribution < 1.29 is 103 Å². The summed E-state index contributed by atoms with van der Waals surface area (Å²) < 4.78 is 27.9. The number of halogens is 1. The maximum Gasteiger partial charge on any atom is 2.00 e. The molecule has 0 aromatic heterocycles. The number of carbonyl (C=O) groups is 2. The number of carboxylic acid groups (broad SMARTS) is 2. The number of nitrogens with one attached hydrogen (secondary N) is 6. The number of quaternary nitrogens is 2. The molecule has 19 heteroatoms. The van der Waals surface area contributed by atoms with Crippen molar-refractivity contribution in [1.82, 2.24) is 0 Å². The van der Waals surface area contributed by atoms with E-state index in [0.29, 0.717) is 60.8 Å². The van der Waals surface area contributed by atoms with Gasteiger partial charge in [-0.05, 0) is 195 Å². The second-order valence-corrected chi connectivity index (χ2v) is 33.5. The standard InChI is InChI=1S/2C32H55NO4.2C6H12N2.CH3F.CH4.2H2O.2Pt/c2*1-22(2)8-6-9-23(3)27-12-13-28-26-11-10-24-20-25(37-19-7-18-33(36)21-30(34)35)14-16-31(24,4)29(26)15-17-32(27,28)5;2*7-5-3-1-2-4-6(5)8;1-2;;;;;/h10,22-23,25-29,36H,6-9,11-21H2,1-5H3,(H,34,35);10,22-23,25-29,33H,6-9,11-21H2,1-5H3,(H,34,35);2*5-8H,1-4H2;1H3;1H4;2*1H2;;/q;;2*-2;;;;;2*+2/p+1/t2*23-,25+,26?,27-,28?,29?,31+,32-;;;;;;;;/m11......../s1/i;;;;1D;;;;;. The van der Waals surface area contributed by atoms with Gasteiger partial charge in [0, 0.05) is 12.8 Å². The number of ether oxygens (including phenoxy) is 2. The Bertz CT molecular complexity index is 2130. The zero-order chi connectivity index (χ0) is 68.3. The van der Waals surface area contributed by atoms with Crippen molar-refractivity contribution in [2.75, 3.05) is 46.5 Å². The summed E-state index contributed by atoms with van der Waals surface area (Å²) >= 11 is 0. The van der Waals surface area contributed by atoms with Gasteiger partial charge < -0.3 is 63.8 Å². The summed E-state index contributed by atoms with van der Waals surface area (Å²) in [7, 11) is -1.00. The number of hydrogen-bond acceptors (Lipinski definition) is 6. The van der Waals surface area contributed by atoms with Gasteiger partial charge in [-0.15, -0.1) is 0 Å². The summed E-state index contributed by atoms with van der Waals surface area (Å²) in [6.07, 6.45) is 44.8. The van der Waals surface area contributed by atoms with Crippen molar-refractivity contribution in [1.29, 1.82) is 0 Å². The third-order valence-corrected chi connectivity index (χ3v) is 26.7. The van der Waals surface area contributed by atoms with Crippen LogP contribution >= 0.6 is 0 Å². The van der Waals surface area contributed by atoms with Crippen molar-refractivity contribution in [3.63, 3.8) is 0 Å². The number of alkyl halides is 1. The fraction of sp³-hybridized carbons (Fsp3) is 0.923. The van der Waals surface area contributed by atoms with Crippen molar-refractivity contribution in [3.05, 3.63) is 51.4 Å². The molecular weight excluding hydrogens is 1590 g/mol. The van der Waals surface area contributed by atoms with E-state index < -0.39 is 19.1 Å². The van der Waals surface area contributed by atoms with E-state index in [1.165, 1.54) is 141 Å². The van der Waals surface area contributed by atoms with Gasteiger partial charge in [0.25, 0.3) is 0 Å². The number of hydroxylamine groups is 4. The molecule has 0 heterocycles. The third kappa shape index (κ3) is 25.8. The molecule has 0 radical (unpaired) electrons. The molecule has 0 aromatic rings. The predicted molar refractivity (Wildman–Crippen MR) is 387 cm³/mol. The maximum atomic E-state index is 11.7. The van der Waals surface area contributed by atoms with E-state index in [-0.39, 0.29) is 120 Å². The molecular formula is C78H146FN6O10Pt2+. The normalized spacial score (nSPS) is 36.4. The number of hydrogen-bond donors (Lipinski definition) is 5. The minimum absolute atomic E-state index is 0. The Morgan fingerprint density at radius 1 is 0.567 bits per heavy atom. The molecule has 13 N–H and O–H groups in total. The van der Waals surface area contributed by atoms with Gasteiger partial charge >= 0.3 is 54.1 Å². The first kappa shape index (κ1) is 92.3. The van der Waals surface area contributed by atoms with Crippen molar-refractivity contribution >= 4 is 11.9 Å². The molecule has 97 heavy (non-hydrogen) atoms. The Balaban J connectivity index is 0.000000740. The fourth-order valence-corrected chi connectivity index (χ4v) is 21.4. The van der Waals surface area contributed by atoms with E-state index in [9.17, 15) is 24.4 Å². The average Bonchev–Trinajstić information content (AvgIpc) is 1.30. The molecule has 22 atom stereocenters. The van der Waals surface area contributed by atoms with Crippen LogP contribution in [0.3, 0.4) is 0 Å². The van der Waals surface area contributed by atoms with Crippen LogP contribution in [0.5, 0.6) is 0 Å². The van der Waals surface area contributed by atoms with Gasteiger partial charge in [-0.25, -0.2) is 14.8 Å². The summed E-state index contributed by atoms with van der Waals surface area (Å²) in [6.45, 7) is 26.3. The topological polar surface area (TPSA) is 303 Å². The molecule has 10 aliphatic carbocycles. The van der Waals surface area contributed by atoms with Crippen LogP contribution in [-0.2, 0) is 61.2 Å². The van der Waals surface area contributed by atoms with Crippen LogP contribution in [-0.4, -0.2) is 121 Å². The molecule has 16 nitrogen and oxygen atoms in total. The number of allylic oxidation sites excluding steroid dienone is 2. The molecule has 12 unspecified atom stereocenters. The van der Waals surface area contributed by atoms with Gasteiger partial charge in [-0.3, -0.25) is 4.39 Å². The average molecular weight is 1740 g/mol. The molecule has 8 saturated carbocycles. The van der Waals surface area contributed by atoms with Crippen LogP contribution in [0.2, 0.25) is 0 Å². The smallest absolute Gasteiger partial charge is 0.676 e. The largest absolute Gasteiger partial charge is 2.00 e. The van der Waals surface area contributed by atoms with Gasteiger partial charge in [0.2, 0.25) is 6.54 Å². The monoisotopic (exact) mass is 1740 g/mol. The quantitative estimate of drug-likeness (QED) is 0.0351. The Kier molecular flexibility index (Phi) is 42.8. The first-order chi connectivity index (χ1) is 44.1. The van der Waals surface area contributed by atoms with Crippen LogP contribution in [0.15, 0.2) is 23.3 Å². The summed E-state index contributed by atoms with van der Waals surface area (Å²) in [4.78, 5) is 21.4. The second-order valence-electron chi connectivity index (χ2n) is 33.5. The SMILES string of the molecule is C.CC(C)CCC[C@@H](C)[C@H]1CCC2C3CC=C4C[C@@H](OCCC[NH+](O)CC(=O)O)CC[C@]4(C)C3CC[C@@]21C.CC(C)CCC[C@@H](C)[C@H]1CCC2C3CC=C4C[C@@H](OCCC[NH+]([O-])CC(=O)O)CC[C@]4(C)C3CC[C@@]21C.O.O.[2H]CF.[NH-]C1CCCCC1[NH-].[NH-]C1CCCCC1[NH-].[Pt+2].[Pt+2]. The Morgan fingerprint density at radius 2 is 0.928 bits per heavy atom. The van der Waals surface area contributed by atoms with E-state index in [1.54, 1.807) is 11.1 Å². The minimum atomic E-state index is -1.03. The van der Waals surface area contributed by atoms with Crippen LogP contribution in [0.1, 0.15) is 284 Å². The van der Waals surface area contributed by atoms with Gasteiger partial charge in [0.1, 0.15) is 6.54 Å². The van der Waals surface area contributed by atoms with E-state index in [0.717, 1.165) is 122 Å². The van der Waals surface area contributed by atoms with E-state index in [1.807, 2.05) is 0 Å². The Morgan fingerprint density at radius 3 is 1.27 bits per heavy atom. The van der Waals surface area contributed by atoms with Crippen LogP contribution in [0.4, 0.5) is 4.39 Å². The molecule has 0 bridgehead atoms. The van der Waals surface area contributed by atoms with Gasteiger partial charge in [0.15, 0.2) is 6.54 Å². The van der Waals surface area contributed by atoms with E-state index in [4.69, 9.17) is 44.0 Å². The van der Waals surface area contributed by atoms with Crippen molar-refractivity contribution in [3.8, 4) is 0 Å². The molecule has 8 fully saturated rings. The van der Waals surface area contributed by atoms with Crippen LogP contribution in [0, 0.1) is 97.9 Å². The Hall–Kier alpha value is -0.753. The molecule has 0 spiro atoms. The number of fused-ring (bicyclic) bond motifs is 10. The van der Waals surface area contributed by atoms with Crippen molar-refractivity contribution in [2.45, 2.75) is 319 Å². The molecule has 10 rings (SSSR count).